The van der Waals surface area contributed by atoms with Gasteiger partial charge in [0.25, 0.3) is 5.56 Å². The Balaban J connectivity index is 1.58. The lowest BCUT2D eigenvalue weighted by Crippen LogP contribution is -2.37. The van der Waals surface area contributed by atoms with Crippen LogP contribution in [0.2, 0.25) is 5.02 Å². The van der Waals surface area contributed by atoms with Crippen molar-refractivity contribution in [1.82, 2.24) is 9.97 Å². The Morgan fingerprint density at radius 3 is 2.75 bits per heavy atom. The summed E-state index contributed by atoms with van der Waals surface area (Å²) in [7, 11) is 1.58. The molecule has 0 bridgehead atoms. The van der Waals surface area contributed by atoms with Crippen molar-refractivity contribution in [1.29, 1.82) is 0 Å². The van der Waals surface area contributed by atoms with Crippen molar-refractivity contribution in [3.8, 4) is 5.75 Å². The highest BCUT2D eigenvalue weighted by Gasteiger charge is 2.42. The van der Waals surface area contributed by atoms with Crippen LogP contribution >= 0.6 is 23.4 Å². The number of methoxy groups -OCH3 is 1. The SMILES string of the molecule is COc1cccc([C@H]2C3=C(CC(C)(C)CC3=O)Nc3nc(SCc4ccc(F)cc4Cl)[nH]c(=O)c32)c1. The number of halogens is 2. The highest BCUT2D eigenvalue weighted by atomic mass is 35.5. The number of aromatic nitrogens is 2. The van der Waals surface area contributed by atoms with Gasteiger partial charge in [-0.2, -0.15) is 0 Å². The average molecular weight is 526 g/mol. The molecule has 2 N–H and O–H groups in total. The first-order chi connectivity index (χ1) is 17.1. The topological polar surface area (TPSA) is 84.1 Å². The summed E-state index contributed by atoms with van der Waals surface area (Å²) in [6.07, 6.45) is 1.07. The Bertz CT molecular complexity index is 1470. The molecule has 1 aliphatic carbocycles. The van der Waals surface area contributed by atoms with Crippen LogP contribution in [0.4, 0.5) is 10.2 Å². The summed E-state index contributed by atoms with van der Waals surface area (Å²) in [5.41, 5.74) is 2.81. The van der Waals surface area contributed by atoms with Crippen LogP contribution in [0.3, 0.4) is 0 Å². The number of anilines is 1. The fraction of sp³-hybridized carbons (Fsp3) is 0.296. The number of carbonyl (C=O) groups is 1. The Morgan fingerprint density at radius 1 is 1.19 bits per heavy atom. The van der Waals surface area contributed by atoms with E-state index in [0.717, 1.165) is 16.8 Å². The molecule has 2 heterocycles. The maximum Gasteiger partial charge on any atom is 0.257 e. The van der Waals surface area contributed by atoms with Gasteiger partial charge in [0.05, 0.1) is 12.7 Å². The number of carbonyl (C=O) groups excluding carboxylic acids is 1. The summed E-state index contributed by atoms with van der Waals surface area (Å²) in [4.78, 5) is 34.4. The van der Waals surface area contributed by atoms with Gasteiger partial charge >= 0.3 is 0 Å². The maximum absolute atomic E-state index is 13.5. The molecule has 1 aliphatic heterocycles. The molecule has 0 radical (unpaired) electrons. The minimum Gasteiger partial charge on any atom is -0.497 e. The van der Waals surface area contributed by atoms with Crippen molar-refractivity contribution in [2.75, 3.05) is 12.4 Å². The number of benzene rings is 2. The molecule has 5 rings (SSSR count). The minimum atomic E-state index is -0.559. The number of thioether (sulfide) groups is 1. The number of ketones is 1. The Morgan fingerprint density at radius 2 is 2.00 bits per heavy atom. The summed E-state index contributed by atoms with van der Waals surface area (Å²) in [6.45, 7) is 4.12. The second-order valence-corrected chi connectivity index (χ2v) is 11.2. The number of hydrogen-bond donors (Lipinski definition) is 2. The normalized spacial score (nSPS) is 18.4. The number of hydrogen-bond acceptors (Lipinski definition) is 6. The third kappa shape index (κ3) is 4.67. The maximum atomic E-state index is 13.5. The van der Waals surface area contributed by atoms with Gasteiger partial charge in [-0.05, 0) is 47.2 Å². The smallest absolute Gasteiger partial charge is 0.257 e. The molecule has 2 aromatic carbocycles. The highest BCUT2D eigenvalue weighted by molar-refractivity contribution is 7.98. The van der Waals surface area contributed by atoms with Crippen molar-refractivity contribution in [2.45, 2.75) is 43.5 Å². The molecule has 0 saturated carbocycles. The zero-order chi connectivity index (χ0) is 25.6. The lowest BCUT2D eigenvalue weighted by Gasteiger charge is -2.38. The van der Waals surface area contributed by atoms with Gasteiger partial charge in [0.15, 0.2) is 10.9 Å². The fourth-order valence-electron chi connectivity index (χ4n) is 4.90. The quantitative estimate of drug-likeness (QED) is 0.311. The molecule has 36 heavy (non-hydrogen) atoms. The lowest BCUT2D eigenvalue weighted by atomic mass is 9.69. The van der Waals surface area contributed by atoms with Crippen molar-refractivity contribution in [3.05, 3.63) is 91.6 Å². The predicted molar refractivity (Wildman–Crippen MR) is 139 cm³/mol. The van der Waals surface area contributed by atoms with Crippen LogP contribution in [0, 0.1) is 11.2 Å². The zero-order valence-corrected chi connectivity index (χ0v) is 21.6. The second kappa shape index (κ2) is 9.41. The van der Waals surface area contributed by atoms with Crippen molar-refractivity contribution in [2.24, 2.45) is 5.41 Å². The third-order valence-electron chi connectivity index (χ3n) is 6.51. The van der Waals surface area contributed by atoms with Crippen LogP contribution in [0.5, 0.6) is 5.75 Å². The van der Waals surface area contributed by atoms with E-state index in [2.05, 4.69) is 24.1 Å². The molecule has 0 saturated heterocycles. The van der Waals surface area contributed by atoms with E-state index in [9.17, 15) is 14.0 Å². The Labute approximate surface area is 217 Å². The fourth-order valence-corrected chi connectivity index (χ4v) is 6.08. The predicted octanol–water partition coefficient (Wildman–Crippen LogP) is 6.06. The number of nitrogens with one attached hydrogen (secondary N) is 2. The van der Waals surface area contributed by atoms with E-state index in [1.54, 1.807) is 13.2 Å². The average Bonchev–Trinajstić information content (AvgIpc) is 2.81. The summed E-state index contributed by atoms with van der Waals surface area (Å²) in [5, 5.41) is 4.04. The van der Waals surface area contributed by atoms with Crippen molar-refractivity contribution < 1.29 is 13.9 Å². The monoisotopic (exact) mass is 525 g/mol. The molecule has 0 unspecified atom stereocenters. The van der Waals surface area contributed by atoms with E-state index in [1.807, 2.05) is 24.3 Å². The number of nitrogens with zero attached hydrogens (tertiary/aromatic N) is 1. The molecule has 186 valence electrons. The first kappa shape index (κ1) is 24.6. The van der Waals surface area contributed by atoms with Crippen LogP contribution in [-0.4, -0.2) is 22.9 Å². The highest BCUT2D eigenvalue weighted by Crippen LogP contribution is 2.48. The first-order valence-corrected chi connectivity index (χ1v) is 12.9. The van der Waals surface area contributed by atoms with Crippen LogP contribution in [0.1, 0.15) is 49.3 Å². The number of fused-ring (bicyclic) bond motifs is 1. The molecule has 1 aromatic heterocycles. The number of ether oxygens (including phenoxy) is 1. The van der Waals surface area contributed by atoms with Crippen LogP contribution in [-0.2, 0) is 10.5 Å². The molecule has 0 amide bonds. The second-order valence-electron chi connectivity index (χ2n) is 9.83. The first-order valence-electron chi connectivity index (χ1n) is 11.5. The largest absolute Gasteiger partial charge is 0.497 e. The summed E-state index contributed by atoms with van der Waals surface area (Å²) in [5.74, 6) is 0.540. The number of Topliss-reactive ketones (excluding diaryl/α,β-unsaturated/α-hetero) is 1. The summed E-state index contributed by atoms with van der Waals surface area (Å²) < 4.78 is 18.8. The van der Waals surface area contributed by atoms with Gasteiger partial charge in [0, 0.05) is 34.4 Å². The summed E-state index contributed by atoms with van der Waals surface area (Å²) >= 11 is 7.46. The van der Waals surface area contributed by atoms with Gasteiger partial charge in [-0.1, -0.05) is 55.4 Å². The summed E-state index contributed by atoms with van der Waals surface area (Å²) in [6, 6.07) is 11.7. The molecule has 6 nitrogen and oxygen atoms in total. The Hall–Kier alpha value is -3.10. The number of aromatic amines is 1. The number of rotatable bonds is 5. The lowest BCUT2D eigenvalue weighted by molar-refractivity contribution is -0.118. The molecule has 0 fully saturated rings. The van der Waals surface area contributed by atoms with Gasteiger partial charge < -0.3 is 15.0 Å². The molecule has 3 aromatic rings. The molecule has 2 aliphatic rings. The minimum absolute atomic E-state index is 0.0241. The third-order valence-corrected chi connectivity index (χ3v) is 7.78. The van der Waals surface area contributed by atoms with E-state index in [1.165, 1.54) is 23.9 Å². The van der Waals surface area contributed by atoms with Crippen LogP contribution in [0.25, 0.3) is 0 Å². The standard InChI is InChI=1S/C27H25ClFN3O3S/c1-27(2)11-19-22(20(33)12-27)21(14-5-4-6-17(9-14)35-3)23-24(30-19)31-26(32-25(23)34)36-13-15-7-8-16(29)10-18(15)28/h4-10,21H,11-13H2,1-3H3,(H2,30,31,32,34)/t21-/m0/s1. The van der Waals surface area contributed by atoms with Gasteiger partial charge in [-0.25, -0.2) is 9.37 Å². The number of allylic oxidation sites excluding steroid dienone is 2. The zero-order valence-electron chi connectivity index (χ0n) is 20.1. The van der Waals surface area contributed by atoms with E-state index in [-0.39, 0.29) is 16.8 Å². The van der Waals surface area contributed by atoms with Gasteiger partial charge in [0.1, 0.15) is 17.4 Å². The van der Waals surface area contributed by atoms with E-state index < -0.39 is 11.7 Å². The molecule has 0 spiro atoms. The van der Waals surface area contributed by atoms with Crippen LogP contribution < -0.4 is 15.6 Å². The van der Waals surface area contributed by atoms with Crippen molar-refractivity contribution in [3.63, 3.8) is 0 Å². The molecular formula is C27H25ClFN3O3S. The number of H-pyrrole nitrogens is 1. The molecule has 1 atom stereocenters. The molecule has 9 heteroatoms. The van der Waals surface area contributed by atoms with Crippen LogP contribution in [0.15, 0.2) is 63.7 Å². The van der Waals surface area contributed by atoms with Gasteiger partial charge in [-0.3, -0.25) is 9.59 Å². The van der Waals surface area contributed by atoms with E-state index in [0.29, 0.717) is 51.5 Å². The van der Waals surface area contributed by atoms with Gasteiger partial charge in [0.2, 0.25) is 0 Å². The van der Waals surface area contributed by atoms with E-state index in [4.69, 9.17) is 21.3 Å². The Kier molecular flexibility index (Phi) is 6.43. The van der Waals surface area contributed by atoms with E-state index >= 15 is 0 Å². The molecular weight excluding hydrogens is 501 g/mol. The van der Waals surface area contributed by atoms with Gasteiger partial charge in [-0.15, -0.1) is 0 Å². The van der Waals surface area contributed by atoms with Crippen molar-refractivity contribution >= 4 is 35.0 Å².